The zero-order valence-corrected chi connectivity index (χ0v) is 11.4. The predicted molar refractivity (Wildman–Crippen MR) is 69.0 cm³/mol. The molecule has 0 aromatic heterocycles. The van der Waals surface area contributed by atoms with Gasteiger partial charge in [0, 0.05) is 12.0 Å². The van der Waals surface area contributed by atoms with Crippen molar-refractivity contribution in [1.29, 1.82) is 0 Å². The van der Waals surface area contributed by atoms with Crippen molar-refractivity contribution in [1.82, 2.24) is 0 Å². The molecule has 1 saturated carbocycles. The van der Waals surface area contributed by atoms with E-state index in [1.54, 1.807) is 0 Å². The van der Waals surface area contributed by atoms with Crippen LogP contribution < -0.4 is 0 Å². The van der Waals surface area contributed by atoms with E-state index in [1.807, 2.05) is 0 Å². The second-order valence-corrected chi connectivity index (χ2v) is 6.73. The number of halogens is 1. The van der Waals surface area contributed by atoms with Gasteiger partial charge < -0.3 is 4.74 Å². The Morgan fingerprint density at radius 1 is 1.31 bits per heavy atom. The SMILES string of the molecule is CC(Cl)CC(C)C1CCOC2(CCCC2)C1. The van der Waals surface area contributed by atoms with Crippen LogP contribution in [-0.2, 0) is 4.74 Å². The van der Waals surface area contributed by atoms with Gasteiger partial charge in [-0.2, -0.15) is 0 Å². The first-order valence-corrected chi connectivity index (χ1v) is 7.33. The lowest BCUT2D eigenvalue weighted by molar-refractivity contribution is -0.101. The molecule has 2 fully saturated rings. The van der Waals surface area contributed by atoms with Crippen molar-refractivity contribution in [2.75, 3.05) is 6.61 Å². The van der Waals surface area contributed by atoms with Gasteiger partial charge in [-0.05, 0) is 50.9 Å². The van der Waals surface area contributed by atoms with Crippen LogP contribution in [0.15, 0.2) is 0 Å². The quantitative estimate of drug-likeness (QED) is 0.670. The Kier molecular flexibility index (Phi) is 4.18. The third-order valence-corrected chi connectivity index (χ3v) is 4.73. The van der Waals surface area contributed by atoms with Crippen LogP contribution in [0.3, 0.4) is 0 Å². The molecule has 0 radical (unpaired) electrons. The lowest BCUT2D eigenvalue weighted by atomic mass is 9.77. The number of ether oxygens (including phenoxy) is 1. The van der Waals surface area contributed by atoms with E-state index in [2.05, 4.69) is 13.8 Å². The predicted octanol–water partition coefficient (Wildman–Crippen LogP) is 4.38. The maximum atomic E-state index is 6.11. The van der Waals surface area contributed by atoms with Gasteiger partial charge in [0.15, 0.2) is 0 Å². The minimum Gasteiger partial charge on any atom is -0.375 e. The van der Waals surface area contributed by atoms with Gasteiger partial charge in [-0.25, -0.2) is 0 Å². The summed E-state index contributed by atoms with van der Waals surface area (Å²) < 4.78 is 6.08. The van der Waals surface area contributed by atoms with E-state index in [0.29, 0.717) is 5.38 Å². The summed E-state index contributed by atoms with van der Waals surface area (Å²) in [6.45, 7) is 5.46. The Hall–Kier alpha value is 0.250. The Morgan fingerprint density at radius 3 is 2.62 bits per heavy atom. The molecule has 1 nitrogen and oxygen atoms in total. The zero-order valence-electron chi connectivity index (χ0n) is 10.7. The van der Waals surface area contributed by atoms with Crippen LogP contribution in [0.5, 0.6) is 0 Å². The zero-order chi connectivity index (χ0) is 11.6. The Balaban J connectivity index is 1.90. The van der Waals surface area contributed by atoms with Crippen molar-refractivity contribution in [3.63, 3.8) is 0 Å². The maximum Gasteiger partial charge on any atom is 0.0685 e. The average Bonchev–Trinajstić information content (AvgIpc) is 2.65. The molecule has 1 aliphatic heterocycles. The van der Waals surface area contributed by atoms with E-state index in [1.165, 1.54) is 38.5 Å². The van der Waals surface area contributed by atoms with E-state index in [4.69, 9.17) is 16.3 Å². The van der Waals surface area contributed by atoms with Gasteiger partial charge in [0.25, 0.3) is 0 Å². The largest absolute Gasteiger partial charge is 0.375 e. The summed E-state index contributed by atoms with van der Waals surface area (Å²) in [5, 5.41) is 0.317. The molecule has 0 N–H and O–H groups in total. The normalized spacial score (nSPS) is 32.8. The van der Waals surface area contributed by atoms with E-state index < -0.39 is 0 Å². The molecule has 3 unspecified atom stereocenters. The third kappa shape index (κ3) is 2.92. The van der Waals surface area contributed by atoms with Crippen LogP contribution in [0.25, 0.3) is 0 Å². The average molecular weight is 245 g/mol. The molecule has 0 aromatic rings. The Morgan fingerprint density at radius 2 is 2.00 bits per heavy atom. The summed E-state index contributed by atoms with van der Waals surface area (Å²) in [6.07, 6.45) is 9.02. The van der Waals surface area contributed by atoms with Gasteiger partial charge in [-0.3, -0.25) is 0 Å². The molecular formula is C14H25ClO. The standard InChI is InChI=1S/C14H25ClO/c1-11(9-12(2)15)13-5-8-16-14(10-13)6-3-4-7-14/h11-13H,3-10H2,1-2H3. The molecule has 2 rings (SSSR count). The lowest BCUT2D eigenvalue weighted by Crippen LogP contribution is -2.39. The first-order valence-electron chi connectivity index (χ1n) is 6.89. The summed E-state index contributed by atoms with van der Waals surface area (Å²) in [5.41, 5.74) is 0.271. The minimum atomic E-state index is 0.271. The molecule has 2 aliphatic rings. The van der Waals surface area contributed by atoms with Crippen LogP contribution in [0.1, 0.15) is 58.8 Å². The molecule has 3 atom stereocenters. The van der Waals surface area contributed by atoms with Crippen molar-refractivity contribution in [3.05, 3.63) is 0 Å². The fourth-order valence-electron chi connectivity index (χ4n) is 3.62. The van der Waals surface area contributed by atoms with Crippen molar-refractivity contribution < 1.29 is 4.74 Å². The maximum absolute atomic E-state index is 6.11. The van der Waals surface area contributed by atoms with Gasteiger partial charge in [0.05, 0.1) is 5.60 Å². The van der Waals surface area contributed by atoms with E-state index in [0.717, 1.165) is 24.9 Å². The fraction of sp³-hybridized carbons (Fsp3) is 1.00. The number of rotatable bonds is 3. The van der Waals surface area contributed by atoms with E-state index in [-0.39, 0.29) is 5.60 Å². The number of hydrogen-bond acceptors (Lipinski definition) is 1. The molecule has 1 spiro atoms. The van der Waals surface area contributed by atoms with Gasteiger partial charge in [-0.1, -0.05) is 19.8 Å². The molecular weight excluding hydrogens is 220 g/mol. The summed E-state index contributed by atoms with van der Waals surface area (Å²) in [5.74, 6) is 1.60. The fourth-order valence-corrected chi connectivity index (χ4v) is 3.90. The first kappa shape index (κ1) is 12.7. The molecule has 0 bridgehead atoms. The highest BCUT2D eigenvalue weighted by atomic mass is 35.5. The summed E-state index contributed by atoms with van der Waals surface area (Å²) in [6, 6.07) is 0. The van der Waals surface area contributed by atoms with Crippen LogP contribution in [-0.4, -0.2) is 17.6 Å². The van der Waals surface area contributed by atoms with E-state index >= 15 is 0 Å². The second-order valence-electron chi connectivity index (χ2n) is 5.99. The highest BCUT2D eigenvalue weighted by Gasteiger charge is 2.41. The molecule has 1 heterocycles. The van der Waals surface area contributed by atoms with Gasteiger partial charge in [0.1, 0.15) is 0 Å². The van der Waals surface area contributed by atoms with Gasteiger partial charge in [0.2, 0.25) is 0 Å². The van der Waals surface area contributed by atoms with Gasteiger partial charge in [-0.15, -0.1) is 11.6 Å². The first-order chi connectivity index (χ1) is 7.61. The highest BCUT2D eigenvalue weighted by molar-refractivity contribution is 6.20. The molecule has 1 saturated heterocycles. The molecule has 0 aromatic carbocycles. The van der Waals surface area contributed by atoms with Crippen molar-refractivity contribution in [2.45, 2.75) is 69.8 Å². The third-order valence-electron chi connectivity index (χ3n) is 4.55. The molecule has 94 valence electrons. The highest BCUT2D eigenvalue weighted by Crippen LogP contribution is 2.44. The molecule has 1 aliphatic carbocycles. The molecule has 0 amide bonds. The number of alkyl halides is 1. The van der Waals surface area contributed by atoms with Crippen LogP contribution >= 0.6 is 11.6 Å². The molecule has 2 heteroatoms. The van der Waals surface area contributed by atoms with Crippen LogP contribution in [0.2, 0.25) is 0 Å². The van der Waals surface area contributed by atoms with E-state index in [9.17, 15) is 0 Å². The van der Waals surface area contributed by atoms with Crippen molar-refractivity contribution in [2.24, 2.45) is 11.8 Å². The van der Waals surface area contributed by atoms with Crippen molar-refractivity contribution in [3.8, 4) is 0 Å². The Bertz CT molecular complexity index is 221. The van der Waals surface area contributed by atoms with Crippen LogP contribution in [0.4, 0.5) is 0 Å². The monoisotopic (exact) mass is 244 g/mol. The Labute approximate surface area is 105 Å². The minimum absolute atomic E-state index is 0.271. The van der Waals surface area contributed by atoms with Crippen molar-refractivity contribution >= 4 is 11.6 Å². The number of hydrogen-bond donors (Lipinski definition) is 0. The lowest BCUT2D eigenvalue weighted by Gasteiger charge is -2.40. The van der Waals surface area contributed by atoms with Crippen LogP contribution in [0, 0.1) is 11.8 Å². The molecule has 16 heavy (non-hydrogen) atoms. The smallest absolute Gasteiger partial charge is 0.0685 e. The topological polar surface area (TPSA) is 9.23 Å². The summed E-state index contributed by atoms with van der Waals surface area (Å²) >= 11 is 6.11. The second kappa shape index (κ2) is 5.27. The summed E-state index contributed by atoms with van der Waals surface area (Å²) in [4.78, 5) is 0. The summed E-state index contributed by atoms with van der Waals surface area (Å²) in [7, 11) is 0. The van der Waals surface area contributed by atoms with Gasteiger partial charge >= 0.3 is 0 Å².